The van der Waals surface area contributed by atoms with Crippen LogP contribution < -0.4 is 9.64 Å². The van der Waals surface area contributed by atoms with Gasteiger partial charge in [-0.25, -0.2) is 4.98 Å². The van der Waals surface area contributed by atoms with E-state index in [4.69, 9.17) is 21.3 Å². The lowest BCUT2D eigenvalue weighted by molar-refractivity contribution is 0.0984. The highest BCUT2D eigenvalue weighted by Crippen LogP contribution is 2.34. The van der Waals surface area contributed by atoms with E-state index in [9.17, 15) is 4.79 Å². The molecule has 146 valence electrons. The topological polar surface area (TPSA) is 55.3 Å². The van der Waals surface area contributed by atoms with E-state index in [1.165, 1.54) is 11.3 Å². The quantitative estimate of drug-likeness (QED) is 0.424. The number of benzene rings is 2. The van der Waals surface area contributed by atoms with Gasteiger partial charge < -0.3 is 4.74 Å². The summed E-state index contributed by atoms with van der Waals surface area (Å²) in [7, 11) is 1.58. The molecule has 0 atom stereocenters. The number of aryl methyl sites for hydroxylation is 1. The first-order chi connectivity index (χ1) is 14.1. The number of hydrogen-bond acceptors (Lipinski definition) is 5. The molecule has 0 aliphatic heterocycles. The average Bonchev–Trinajstić information content (AvgIpc) is 3.20. The molecular weight excluding hydrogens is 406 g/mol. The zero-order valence-corrected chi connectivity index (χ0v) is 17.5. The predicted molar refractivity (Wildman–Crippen MR) is 117 cm³/mol. The fourth-order valence-corrected chi connectivity index (χ4v) is 4.17. The summed E-state index contributed by atoms with van der Waals surface area (Å²) >= 11 is 7.72. The predicted octanol–water partition coefficient (Wildman–Crippen LogP) is 5.51. The number of anilines is 1. The van der Waals surface area contributed by atoms with Crippen molar-refractivity contribution >= 4 is 44.2 Å². The Bertz CT molecular complexity index is 1180. The average molecular weight is 424 g/mol. The third kappa shape index (κ3) is 3.95. The van der Waals surface area contributed by atoms with Crippen LogP contribution in [0.1, 0.15) is 21.6 Å². The number of amides is 1. The summed E-state index contributed by atoms with van der Waals surface area (Å²) in [6, 6.07) is 16.5. The second-order valence-corrected chi connectivity index (χ2v) is 7.88. The third-order valence-electron chi connectivity index (χ3n) is 4.58. The van der Waals surface area contributed by atoms with Gasteiger partial charge in [0.05, 0.1) is 29.6 Å². The van der Waals surface area contributed by atoms with Gasteiger partial charge in [0.2, 0.25) is 0 Å². The molecule has 2 aromatic heterocycles. The van der Waals surface area contributed by atoms with Gasteiger partial charge in [0.15, 0.2) is 5.13 Å². The largest absolute Gasteiger partial charge is 0.497 e. The van der Waals surface area contributed by atoms with Crippen LogP contribution in [0.4, 0.5) is 5.13 Å². The zero-order valence-electron chi connectivity index (χ0n) is 15.9. The number of nitrogens with zero attached hydrogens (tertiary/aromatic N) is 3. The first-order valence-corrected chi connectivity index (χ1v) is 10.2. The van der Waals surface area contributed by atoms with Gasteiger partial charge in [0.1, 0.15) is 5.75 Å². The van der Waals surface area contributed by atoms with E-state index < -0.39 is 0 Å². The molecule has 29 heavy (non-hydrogen) atoms. The van der Waals surface area contributed by atoms with E-state index in [-0.39, 0.29) is 5.91 Å². The van der Waals surface area contributed by atoms with Crippen LogP contribution in [0.15, 0.2) is 60.8 Å². The van der Waals surface area contributed by atoms with Crippen molar-refractivity contribution in [2.45, 2.75) is 13.5 Å². The van der Waals surface area contributed by atoms with Gasteiger partial charge in [-0.15, -0.1) is 0 Å². The van der Waals surface area contributed by atoms with Gasteiger partial charge in [-0.1, -0.05) is 35.1 Å². The molecule has 4 rings (SSSR count). The number of carbonyl (C=O) groups is 1. The summed E-state index contributed by atoms with van der Waals surface area (Å²) in [5, 5.41) is 1.26. The van der Waals surface area contributed by atoms with Crippen LogP contribution in [0, 0.1) is 6.92 Å². The normalized spacial score (nSPS) is 10.9. The maximum Gasteiger partial charge on any atom is 0.260 e. The van der Waals surface area contributed by atoms with Crippen molar-refractivity contribution in [3.05, 3.63) is 82.6 Å². The molecule has 0 unspecified atom stereocenters. The first kappa shape index (κ1) is 19.4. The van der Waals surface area contributed by atoms with Crippen LogP contribution in [0.5, 0.6) is 5.75 Å². The maximum atomic E-state index is 13.4. The van der Waals surface area contributed by atoms with Crippen molar-refractivity contribution in [2.24, 2.45) is 0 Å². The molecule has 0 saturated heterocycles. The number of fused-ring (bicyclic) bond motifs is 1. The third-order valence-corrected chi connectivity index (χ3v) is 6.03. The second-order valence-electron chi connectivity index (χ2n) is 6.46. The molecule has 1 amide bonds. The Kier molecular flexibility index (Phi) is 5.47. The molecule has 2 heterocycles. The minimum absolute atomic E-state index is 0.169. The Labute approximate surface area is 177 Å². The minimum Gasteiger partial charge on any atom is -0.497 e. The summed E-state index contributed by atoms with van der Waals surface area (Å²) in [5.74, 6) is 0.456. The summed E-state index contributed by atoms with van der Waals surface area (Å²) in [4.78, 5) is 24.2. The van der Waals surface area contributed by atoms with Gasteiger partial charge in [-0.2, -0.15) is 0 Å². The highest BCUT2D eigenvalue weighted by atomic mass is 35.5. The van der Waals surface area contributed by atoms with Crippen molar-refractivity contribution in [3.63, 3.8) is 0 Å². The molecule has 0 fully saturated rings. The summed E-state index contributed by atoms with van der Waals surface area (Å²) in [6.07, 6.45) is 1.71. The van der Waals surface area contributed by atoms with E-state index in [0.717, 1.165) is 21.5 Å². The van der Waals surface area contributed by atoms with Crippen molar-refractivity contribution in [2.75, 3.05) is 12.0 Å². The number of rotatable bonds is 5. The Morgan fingerprint density at radius 1 is 1.17 bits per heavy atom. The number of thiazole rings is 1. The number of aromatic nitrogens is 2. The van der Waals surface area contributed by atoms with Crippen molar-refractivity contribution in [1.29, 1.82) is 0 Å². The highest BCUT2D eigenvalue weighted by Gasteiger charge is 2.23. The van der Waals surface area contributed by atoms with Gasteiger partial charge in [0.25, 0.3) is 5.91 Å². The molecule has 5 nitrogen and oxygen atoms in total. The molecule has 0 saturated carbocycles. The van der Waals surface area contributed by atoms with Gasteiger partial charge in [0, 0.05) is 16.8 Å². The molecule has 0 bridgehead atoms. The van der Waals surface area contributed by atoms with Gasteiger partial charge in [-0.05, 0) is 55.0 Å². The van der Waals surface area contributed by atoms with E-state index in [1.807, 2.05) is 43.3 Å². The second kappa shape index (κ2) is 8.19. The molecule has 0 spiro atoms. The molecule has 4 aromatic rings. The van der Waals surface area contributed by atoms with E-state index >= 15 is 0 Å². The number of pyridine rings is 1. The maximum absolute atomic E-state index is 13.4. The Balaban J connectivity index is 1.80. The number of halogens is 1. The lowest BCUT2D eigenvalue weighted by atomic mass is 10.2. The lowest BCUT2D eigenvalue weighted by Crippen LogP contribution is -2.30. The molecule has 7 heteroatoms. The fourth-order valence-electron chi connectivity index (χ4n) is 3.00. The fraction of sp³-hybridized carbons (Fsp3) is 0.136. The molecular formula is C22H18ClN3O2S. The Morgan fingerprint density at radius 3 is 2.79 bits per heavy atom. The van der Waals surface area contributed by atoms with E-state index in [1.54, 1.807) is 36.4 Å². The monoisotopic (exact) mass is 423 g/mol. The highest BCUT2D eigenvalue weighted by molar-refractivity contribution is 7.22. The van der Waals surface area contributed by atoms with Crippen molar-refractivity contribution < 1.29 is 9.53 Å². The van der Waals surface area contributed by atoms with Crippen LogP contribution in [-0.2, 0) is 6.54 Å². The van der Waals surface area contributed by atoms with E-state index in [2.05, 4.69) is 4.98 Å². The van der Waals surface area contributed by atoms with Crippen LogP contribution in [0.3, 0.4) is 0 Å². The van der Waals surface area contributed by atoms with E-state index in [0.29, 0.717) is 28.0 Å². The number of ether oxygens (including phenoxy) is 1. The SMILES string of the molecule is COc1cccc(C(=O)N(Cc2ccccn2)c2nc3c(C)c(Cl)ccc3s2)c1. The first-order valence-electron chi connectivity index (χ1n) is 8.98. The van der Waals surface area contributed by atoms with Crippen molar-refractivity contribution in [1.82, 2.24) is 9.97 Å². The molecule has 2 aromatic carbocycles. The molecule has 0 radical (unpaired) electrons. The van der Waals surface area contributed by atoms with Crippen LogP contribution in [0.2, 0.25) is 5.02 Å². The Hall–Kier alpha value is -2.96. The molecule has 0 aliphatic rings. The van der Waals surface area contributed by atoms with Crippen LogP contribution in [-0.4, -0.2) is 23.0 Å². The standard InChI is InChI=1S/C22H18ClN3O2S/c1-14-18(23)9-10-19-20(14)25-22(29-19)26(13-16-7-3-4-11-24-16)21(27)15-6-5-8-17(12-15)28-2/h3-12H,13H2,1-2H3. The summed E-state index contributed by atoms with van der Waals surface area (Å²) in [6.45, 7) is 2.24. The zero-order chi connectivity index (χ0) is 20.4. The summed E-state index contributed by atoms with van der Waals surface area (Å²) < 4.78 is 6.25. The van der Waals surface area contributed by atoms with Crippen LogP contribution >= 0.6 is 22.9 Å². The molecule has 0 N–H and O–H groups in total. The van der Waals surface area contributed by atoms with Crippen LogP contribution in [0.25, 0.3) is 10.2 Å². The number of hydrogen-bond donors (Lipinski definition) is 0. The smallest absolute Gasteiger partial charge is 0.260 e. The minimum atomic E-state index is -0.169. The van der Waals surface area contributed by atoms with Crippen molar-refractivity contribution in [3.8, 4) is 5.75 Å². The van der Waals surface area contributed by atoms with Gasteiger partial charge >= 0.3 is 0 Å². The number of carbonyl (C=O) groups excluding carboxylic acids is 1. The summed E-state index contributed by atoms with van der Waals surface area (Å²) in [5.41, 5.74) is 3.01. The lowest BCUT2D eigenvalue weighted by Gasteiger charge is -2.20. The Morgan fingerprint density at radius 2 is 2.03 bits per heavy atom. The molecule has 0 aliphatic carbocycles. The number of methoxy groups -OCH3 is 1. The van der Waals surface area contributed by atoms with Gasteiger partial charge in [-0.3, -0.25) is 14.7 Å².